The van der Waals surface area contributed by atoms with Gasteiger partial charge in [0.25, 0.3) is 0 Å². The van der Waals surface area contributed by atoms with Crippen molar-refractivity contribution in [3.8, 4) is 0 Å². The van der Waals surface area contributed by atoms with Gasteiger partial charge in [-0.3, -0.25) is 0 Å². The molecule has 1 heterocycles. The van der Waals surface area contributed by atoms with Gasteiger partial charge in [-0.2, -0.15) is 0 Å². The predicted octanol–water partition coefficient (Wildman–Crippen LogP) is 1.68. The summed E-state index contributed by atoms with van der Waals surface area (Å²) in [6.07, 6.45) is 9.19. The maximum atomic E-state index is 9.33. The lowest BCUT2D eigenvalue weighted by atomic mass is 9.49. The van der Waals surface area contributed by atoms with Gasteiger partial charge in [-0.15, -0.1) is 0 Å². The molecule has 0 aromatic heterocycles. The smallest absolute Gasteiger partial charge is 0.0550 e. The van der Waals surface area contributed by atoms with Gasteiger partial charge < -0.3 is 10.4 Å². The third-order valence-corrected chi connectivity index (χ3v) is 4.65. The summed E-state index contributed by atoms with van der Waals surface area (Å²) in [5, 5.41) is 13.0. The molecule has 2 saturated carbocycles. The van der Waals surface area contributed by atoms with Gasteiger partial charge >= 0.3 is 0 Å². The molecule has 1 spiro atoms. The molecule has 80 valence electrons. The lowest BCUT2D eigenvalue weighted by Crippen LogP contribution is -2.55. The van der Waals surface area contributed by atoms with E-state index in [1.807, 2.05) is 0 Å². The summed E-state index contributed by atoms with van der Waals surface area (Å²) in [5.74, 6) is 0.933. The molecule has 0 aromatic carbocycles. The van der Waals surface area contributed by atoms with Crippen LogP contribution in [0, 0.1) is 11.3 Å². The van der Waals surface area contributed by atoms with Crippen molar-refractivity contribution >= 4 is 0 Å². The quantitative estimate of drug-likeness (QED) is 0.667. The predicted molar refractivity (Wildman–Crippen MR) is 56.0 cm³/mol. The van der Waals surface area contributed by atoms with Crippen LogP contribution in [0.2, 0.25) is 0 Å². The summed E-state index contributed by atoms with van der Waals surface area (Å²) in [7, 11) is 0. The molecule has 1 saturated heterocycles. The Balaban J connectivity index is 1.49. The minimum atomic E-state index is 0.0373. The molecule has 3 rings (SSSR count). The number of aliphatic hydroxyl groups excluding tert-OH is 1. The number of nitrogens with one attached hydrogen (secondary N) is 1. The fourth-order valence-corrected chi connectivity index (χ4v) is 3.89. The van der Waals surface area contributed by atoms with E-state index < -0.39 is 0 Å². The third-order valence-electron chi connectivity index (χ3n) is 4.65. The Morgan fingerprint density at radius 2 is 1.86 bits per heavy atom. The van der Waals surface area contributed by atoms with Crippen LogP contribution in [-0.4, -0.2) is 23.8 Å². The fraction of sp³-hybridized carbons (Fsp3) is 1.00. The van der Waals surface area contributed by atoms with Crippen LogP contribution in [0.4, 0.5) is 0 Å². The lowest BCUT2D eigenvalue weighted by Gasteiger charge is -2.58. The highest BCUT2D eigenvalue weighted by atomic mass is 16.3. The molecule has 2 N–H and O–H groups in total. The zero-order chi connectivity index (χ0) is 9.60. The van der Waals surface area contributed by atoms with Crippen molar-refractivity contribution < 1.29 is 5.11 Å². The molecule has 0 aromatic rings. The van der Waals surface area contributed by atoms with Crippen molar-refractivity contribution in [3.63, 3.8) is 0 Å². The first-order valence-electron chi connectivity index (χ1n) is 6.19. The molecule has 14 heavy (non-hydrogen) atoms. The number of hydrogen-bond donors (Lipinski definition) is 2. The first-order valence-corrected chi connectivity index (χ1v) is 6.19. The van der Waals surface area contributed by atoms with Crippen LogP contribution in [0.5, 0.6) is 0 Å². The van der Waals surface area contributed by atoms with Crippen LogP contribution in [0.1, 0.15) is 44.9 Å². The van der Waals surface area contributed by atoms with Gasteiger partial charge in [0.1, 0.15) is 0 Å². The molecule has 0 bridgehead atoms. The molecule has 2 aliphatic carbocycles. The van der Waals surface area contributed by atoms with Crippen LogP contribution in [0.3, 0.4) is 0 Å². The maximum absolute atomic E-state index is 9.33. The summed E-state index contributed by atoms with van der Waals surface area (Å²) >= 11 is 0. The minimum absolute atomic E-state index is 0.0373. The van der Waals surface area contributed by atoms with Crippen molar-refractivity contribution in [3.05, 3.63) is 0 Å². The first-order chi connectivity index (χ1) is 6.77. The van der Waals surface area contributed by atoms with Crippen molar-refractivity contribution in [1.82, 2.24) is 5.32 Å². The largest absolute Gasteiger partial charge is 0.393 e. The van der Waals surface area contributed by atoms with Crippen molar-refractivity contribution in [2.24, 2.45) is 11.3 Å². The number of aliphatic hydroxyl groups is 1. The summed E-state index contributed by atoms with van der Waals surface area (Å²) < 4.78 is 0. The van der Waals surface area contributed by atoms with E-state index in [2.05, 4.69) is 5.32 Å². The van der Waals surface area contributed by atoms with Gasteiger partial charge in [0.15, 0.2) is 0 Å². The van der Waals surface area contributed by atoms with Crippen molar-refractivity contribution in [2.45, 2.75) is 57.1 Å². The van der Waals surface area contributed by atoms with Crippen LogP contribution in [0.15, 0.2) is 0 Å². The molecule has 2 heteroatoms. The topological polar surface area (TPSA) is 32.3 Å². The van der Waals surface area contributed by atoms with Crippen LogP contribution in [-0.2, 0) is 0 Å². The normalized spacial score (nSPS) is 52.5. The highest BCUT2D eigenvalue weighted by Crippen LogP contribution is 2.59. The molecule has 0 amide bonds. The van der Waals surface area contributed by atoms with Gasteiger partial charge in [0.2, 0.25) is 0 Å². The second-order valence-electron chi connectivity index (χ2n) is 5.79. The molecule has 0 unspecified atom stereocenters. The molecule has 3 aliphatic rings. The van der Waals surface area contributed by atoms with Crippen molar-refractivity contribution in [1.29, 1.82) is 0 Å². The van der Waals surface area contributed by atoms with Crippen LogP contribution >= 0.6 is 0 Å². The lowest BCUT2D eigenvalue weighted by molar-refractivity contribution is -0.120. The highest BCUT2D eigenvalue weighted by Gasteiger charge is 2.53. The van der Waals surface area contributed by atoms with E-state index in [1.165, 1.54) is 38.6 Å². The summed E-state index contributed by atoms with van der Waals surface area (Å²) in [5.41, 5.74) is 0.600. The SMILES string of the molecule is OC1CC2(C1)CC([C@@H]1CCCCN1)C2. The Kier molecular flexibility index (Phi) is 2.10. The summed E-state index contributed by atoms with van der Waals surface area (Å²) in [4.78, 5) is 0. The van der Waals surface area contributed by atoms with Gasteiger partial charge in [0, 0.05) is 6.04 Å². The van der Waals surface area contributed by atoms with E-state index in [9.17, 15) is 5.11 Å². The van der Waals surface area contributed by atoms with E-state index in [0.29, 0.717) is 5.41 Å². The van der Waals surface area contributed by atoms with Gasteiger partial charge in [-0.05, 0) is 56.4 Å². The maximum Gasteiger partial charge on any atom is 0.0550 e. The second kappa shape index (κ2) is 3.21. The molecule has 0 radical (unpaired) electrons. The molecular formula is C12H21NO. The average molecular weight is 195 g/mol. The zero-order valence-corrected chi connectivity index (χ0v) is 8.84. The summed E-state index contributed by atoms with van der Waals surface area (Å²) in [6.45, 7) is 1.23. The van der Waals surface area contributed by atoms with E-state index in [4.69, 9.17) is 0 Å². The molecule has 1 atom stereocenters. The van der Waals surface area contributed by atoms with Gasteiger partial charge in [-0.25, -0.2) is 0 Å². The molecule has 2 nitrogen and oxygen atoms in total. The summed E-state index contributed by atoms with van der Waals surface area (Å²) in [6, 6.07) is 0.812. The Bertz CT molecular complexity index is 208. The zero-order valence-electron chi connectivity index (χ0n) is 8.84. The van der Waals surface area contributed by atoms with Crippen LogP contribution < -0.4 is 5.32 Å². The first kappa shape index (κ1) is 9.17. The van der Waals surface area contributed by atoms with Gasteiger partial charge in [-0.1, -0.05) is 6.42 Å². The van der Waals surface area contributed by atoms with E-state index in [1.54, 1.807) is 0 Å². The fourth-order valence-electron chi connectivity index (χ4n) is 3.89. The number of piperidine rings is 1. The number of rotatable bonds is 1. The third kappa shape index (κ3) is 1.40. The Hall–Kier alpha value is -0.0800. The van der Waals surface area contributed by atoms with Crippen LogP contribution in [0.25, 0.3) is 0 Å². The number of hydrogen-bond acceptors (Lipinski definition) is 2. The van der Waals surface area contributed by atoms with Gasteiger partial charge in [0.05, 0.1) is 6.10 Å². The Labute approximate surface area is 86.1 Å². The van der Waals surface area contributed by atoms with E-state index >= 15 is 0 Å². The average Bonchev–Trinajstić information content (AvgIpc) is 2.10. The van der Waals surface area contributed by atoms with Crippen molar-refractivity contribution in [2.75, 3.05) is 6.54 Å². The monoisotopic (exact) mass is 195 g/mol. The van der Waals surface area contributed by atoms with E-state index in [-0.39, 0.29) is 6.10 Å². The minimum Gasteiger partial charge on any atom is -0.393 e. The molecule has 1 aliphatic heterocycles. The molecular weight excluding hydrogens is 174 g/mol. The Morgan fingerprint density at radius 3 is 2.43 bits per heavy atom. The second-order valence-corrected chi connectivity index (χ2v) is 5.79. The highest BCUT2D eigenvalue weighted by molar-refractivity contribution is 5.05. The molecule has 3 fully saturated rings. The standard InChI is InChI=1S/C12H21NO/c14-10-7-12(8-10)5-9(6-12)11-3-1-2-4-13-11/h9-11,13-14H,1-8H2/t9?,10?,11-,12?/m0/s1. The van der Waals surface area contributed by atoms with E-state index in [0.717, 1.165) is 24.8 Å². The Morgan fingerprint density at radius 1 is 1.07 bits per heavy atom.